The Balaban J connectivity index is 2.43. The smallest absolute Gasteiger partial charge is 0.0620 e. The van der Waals surface area contributed by atoms with E-state index in [2.05, 4.69) is 20.8 Å². The molecule has 1 atom stereocenters. The first-order chi connectivity index (χ1) is 3.13. The molecule has 0 aromatic rings. The first-order valence-corrected chi connectivity index (χ1v) is 2.74. The highest BCUT2D eigenvalue weighted by Crippen LogP contribution is 2.32. The van der Waals surface area contributed by atoms with Gasteiger partial charge in [-0.05, 0) is 6.92 Å². The highest BCUT2D eigenvalue weighted by Gasteiger charge is 2.35. The predicted molar refractivity (Wildman–Crippen MR) is 29.2 cm³/mol. The van der Waals surface area contributed by atoms with Crippen molar-refractivity contribution in [3.05, 3.63) is 0 Å². The van der Waals surface area contributed by atoms with E-state index in [9.17, 15) is 0 Å². The van der Waals surface area contributed by atoms with Crippen molar-refractivity contribution in [2.45, 2.75) is 26.9 Å². The van der Waals surface area contributed by atoms with Crippen molar-refractivity contribution in [2.75, 3.05) is 6.61 Å². The molecule has 0 aromatic carbocycles. The Hall–Kier alpha value is -0.0400. The van der Waals surface area contributed by atoms with Crippen LogP contribution in [0.1, 0.15) is 20.8 Å². The lowest BCUT2D eigenvalue weighted by molar-refractivity contribution is -0.156. The standard InChI is InChI=1S/C6H12O/c1-5-6(2,3)4-7-5/h5H,4H2,1-3H3/t5-/m1/s1. The number of hydrogen-bond acceptors (Lipinski definition) is 1. The van der Waals surface area contributed by atoms with Crippen LogP contribution in [0.2, 0.25) is 0 Å². The van der Waals surface area contributed by atoms with E-state index in [4.69, 9.17) is 4.74 Å². The molecule has 0 bridgehead atoms. The van der Waals surface area contributed by atoms with Gasteiger partial charge in [0, 0.05) is 5.41 Å². The minimum absolute atomic E-state index is 0.458. The molecule has 1 rings (SSSR count). The van der Waals surface area contributed by atoms with E-state index in [1.807, 2.05) is 0 Å². The van der Waals surface area contributed by atoms with Crippen LogP contribution in [-0.2, 0) is 4.74 Å². The van der Waals surface area contributed by atoms with Gasteiger partial charge in [-0.1, -0.05) is 13.8 Å². The quantitative estimate of drug-likeness (QED) is 0.447. The van der Waals surface area contributed by atoms with Crippen LogP contribution < -0.4 is 0 Å². The second kappa shape index (κ2) is 1.22. The van der Waals surface area contributed by atoms with E-state index in [-0.39, 0.29) is 0 Å². The fourth-order valence-corrected chi connectivity index (χ4v) is 0.583. The maximum absolute atomic E-state index is 5.15. The molecule has 1 aliphatic heterocycles. The number of rotatable bonds is 0. The average molecular weight is 100 g/mol. The SMILES string of the molecule is C[C@H]1OCC1(C)C. The Morgan fingerprint density at radius 3 is 2.00 bits per heavy atom. The Labute approximate surface area is 44.7 Å². The third-order valence-electron chi connectivity index (χ3n) is 1.81. The van der Waals surface area contributed by atoms with Gasteiger partial charge in [-0.25, -0.2) is 0 Å². The monoisotopic (exact) mass is 100 g/mol. The maximum atomic E-state index is 5.15. The van der Waals surface area contributed by atoms with Crippen LogP contribution in [-0.4, -0.2) is 12.7 Å². The van der Waals surface area contributed by atoms with E-state index >= 15 is 0 Å². The van der Waals surface area contributed by atoms with Gasteiger partial charge in [0.05, 0.1) is 12.7 Å². The van der Waals surface area contributed by atoms with Crippen LogP contribution in [0.4, 0.5) is 0 Å². The van der Waals surface area contributed by atoms with Gasteiger partial charge in [0.2, 0.25) is 0 Å². The minimum atomic E-state index is 0.458. The summed E-state index contributed by atoms with van der Waals surface area (Å²) in [5, 5.41) is 0. The third-order valence-corrected chi connectivity index (χ3v) is 1.81. The minimum Gasteiger partial charge on any atom is -0.377 e. The molecule has 0 aromatic heterocycles. The molecule has 1 heteroatoms. The molecule has 0 unspecified atom stereocenters. The summed E-state index contributed by atoms with van der Waals surface area (Å²) in [5.74, 6) is 0. The van der Waals surface area contributed by atoms with E-state index in [0.29, 0.717) is 11.5 Å². The maximum Gasteiger partial charge on any atom is 0.0620 e. The lowest BCUT2D eigenvalue weighted by atomic mass is 9.84. The molecule has 0 saturated carbocycles. The summed E-state index contributed by atoms with van der Waals surface area (Å²) in [7, 11) is 0. The molecule has 0 aliphatic carbocycles. The zero-order chi connectivity index (χ0) is 5.49. The molecule has 1 aliphatic rings. The molecule has 1 nitrogen and oxygen atoms in total. The van der Waals surface area contributed by atoms with Crippen LogP contribution in [0.3, 0.4) is 0 Å². The third kappa shape index (κ3) is 0.653. The fourth-order valence-electron chi connectivity index (χ4n) is 0.583. The summed E-state index contributed by atoms with van der Waals surface area (Å²) in [4.78, 5) is 0. The van der Waals surface area contributed by atoms with Crippen LogP contribution in [0, 0.1) is 5.41 Å². The molecular weight excluding hydrogens is 88.1 g/mol. The molecule has 1 heterocycles. The molecule has 42 valence electrons. The summed E-state index contributed by atoms with van der Waals surface area (Å²) in [5.41, 5.74) is 0.458. The Morgan fingerprint density at radius 2 is 2.00 bits per heavy atom. The Kier molecular flexibility index (Phi) is 0.890. The fraction of sp³-hybridized carbons (Fsp3) is 1.00. The van der Waals surface area contributed by atoms with Gasteiger partial charge in [0.15, 0.2) is 0 Å². The zero-order valence-corrected chi connectivity index (χ0v) is 5.19. The van der Waals surface area contributed by atoms with Crippen molar-refractivity contribution in [2.24, 2.45) is 5.41 Å². The van der Waals surface area contributed by atoms with Gasteiger partial charge < -0.3 is 4.74 Å². The molecule has 0 amide bonds. The summed E-state index contributed by atoms with van der Waals surface area (Å²) in [6.45, 7) is 7.50. The molecule has 1 fully saturated rings. The Morgan fingerprint density at radius 1 is 1.57 bits per heavy atom. The highest BCUT2D eigenvalue weighted by atomic mass is 16.5. The largest absolute Gasteiger partial charge is 0.377 e. The summed E-state index contributed by atoms with van der Waals surface area (Å²) < 4.78 is 5.15. The van der Waals surface area contributed by atoms with E-state index in [1.54, 1.807) is 0 Å². The lowest BCUT2D eigenvalue weighted by Gasteiger charge is -2.41. The van der Waals surface area contributed by atoms with Crippen molar-refractivity contribution in [1.82, 2.24) is 0 Å². The molecule has 7 heavy (non-hydrogen) atoms. The van der Waals surface area contributed by atoms with E-state index in [1.165, 1.54) is 0 Å². The summed E-state index contributed by atoms with van der Waals surface area (Å²) >= 11 is 0. The lowest BCUT2D eigenvalue weighted by Crippen LogP contribution is -2.45. The Bertz CT molecular complexity index is 76.2. The zero-order valence-electron chi connectivity index (χ0n) is 5.19. The van der Waals surface area contributed by atoms with Crippen molar-refractivity contribution >= 4 is 0 Å². The highest BCUT2D eigenvalue weighted by molar-refractivity contribution is 4.83. The average Bonchev–Trinajstić information content (AvgIpc) is 1.63. The van der Waals surface area contributed by atoms with Crippen molar-refractivity contribution in [1.29, 1.82) is 0 Å². The normalized spacial score (nSPS) is 37.3. The molecule has 0 N–H and O–H groups in total. The van der Waals surface area contributed by atoms with Gasteiger partial charge in [-0.15, -0.1) is 0 Å². The molecule has 1 saturated heterocycles. The number of ether oxygens (including phenoxy) is 1. The van der Waals surface area contributed by atoms with Gasteiger partial charge in [0.1, 0.15) is 0 Å². The second-order valence-corrected chi connectivity index (χ2v) is 2.94. The van der Waals surface area contributed by atoms with Crippen LogP contribution in [0.5, 0.6) is 0 Å². The molecule has 0 spiro atoms. The van der Waals surface area contributed by atoms with Crippen molar-refractivity contribution < 1.29 is 4.74 Å². The first kappa shape index (κ1) is 5.10. The van der Waals surface area contributed by atoms with E-state index < -0.39 is 0 Å². The van der Waals surface area contributed by atoms with E-state index in [0.717, 1.165) is 6.61 Å². The predicted octanol–water partition coefficient (Wildman–Crippen LogP) is 1.43. The van der Waals surface area contributed by atoms with Gasteiger partial charge in [-0.3, -0.25) is 0 Å². The van der Waals surface area contributed by atoms with Crippen LogP contribution in [0.25, 0.3) is 0 Å². The summed E-state index contributed by atoms with van der Waals surface area (Å²) in [6, 6.07) is 0. The summed E-state index contributed by atoms with van der Waals surface area (Å²) in [6.07, 6.45) is 0.479. The van der Waals surface area contributed by atoms with Gasteiger partial charge in [-0.2, -0.15) is 0 Å². The van der Waals surface area contributed by atoms with Gasteiger partial charge >= 0.3 is 0 Å². The van der Waals surface area contributed by atoms with Crippen LogP contribution >= 0.6 is 0 Å². The van der Waals surface area contributed by atoms with Gasteiger partial charge in [0.25, 0.3) is 0 Å². The first-order valence-electron chi connectivity index (χ1n) is 2.74. The molecular formula is C6H12O. The topological polar surface area (TPSA) is 9.23 Å². The second-order valence-electron chi connectivity index (χ2n) is 2.94. The van der Waals surface area contributed by atoms with Crippen molar-refractivity contribution in [3.8, 4) is 0 Å². The van der Waals surface area contributed by atoms with Crippen molar-refractivity contribution in [3.63, 3.8) is 0 Å². The number of hydrogen-bond donors (Lipinski definition) is 0. The van der Waals surface area contributed by atoms with Crippen LogP contribution in [0.15, 0.2) is 0 Å². The molecule has 0 radical (unpaired) electrons.